The third-order valence-electron chi connectivity index (χ3n) is 3.56. The third-order valence-corrected chi connectivity index (χ3v) is 7.65. The van der Waals surface area contributed by atoms with Crippen molar-refractivity contribution in [3.8, 4) is 0 Å². The monoisotopic (exact) mass is 539 g/mol. The molecule has 0 aliphatic carbocycles. The molecule has 0 saturated carbocycles. The molecule has 1 aromatic carbocycles. The average Bonchev–Trinajstić information content (AvgIpc) is 2.97. The van der Waals surface area contributed by atoms with E-state index in [0.29, 0.717) is 29.5 Å². The predicted molar refractivity (Wildman–Crippen MR) is 103 cm³/mol. The van der Waals surface area contributed by atoms with Gasteiger partial charge >= 0.3 is 184 Å². The molecule has 17 heteroatoms. The normalized spacial score (nSPS) is 14.5. The Labute approximate surface area is 200 Å². The minimum Gasteiger partial charge on any atom is -0.264 e. The van der Waals surface area contributed by atoms with Crippen LogP contribution >= 0.6 is 22.9 Å². The summed E-state index contributed by atoms with van der Waals surface area (Å²) in [7, 11) is -8.93. The van der Waals surface area contributed by atoms with Crippen LogP contribution in [0.2, 0.25) is 8.01 Å². The Morgan fingerprint density at radius 2 is 1.55 bits per heavy atom. The van der Waals surface area contributed by atoms with Gasteiger partial charge in [0.05, 0.1) is 0 Å². The van der Waals surface area contributed by atoms with Gasteiger partial charge in [0.15, 0.2) is 0 Å². The summed E-state index contributed by atoms with van der Waals surface area (Å²) in [5, 5.41) is 0. The quantitative estimate of drug-likeness (QED) is 0.293. The van der Waals surface area contributed by atoms with Crippen molar-refractivity contribution in [1.82, 2.24) is 4.72 Å². The van der Waals surface area contributed by atoms with E-state index in [2.05, 4.69) is 0 Å². The number of hydrogen-bond acceptors (Lipinski definition) is 5. The van der Waals surface area contributed by atoms with Crippen LogP contribution in [0.3, 0.4) is 0 Å². The van der Waals surface area contributed by atoms with Crippen molar-refractivity contribution in [3.63, 3.8) is 0 Å². The molecule has 1 heterocycles. The number of thiophene rings is 1. The molecule has 2 unspecified atom stereocenters. The van der Waals surface area contributed by atoms with Crippen LogP contribution in [0.25, 0.3) is 0 Å². The van der Waals surface area contributed by atoms with Crippen LogP contribution in [0.1, 0.15) is 11.5 Å². The number of hydrogen-bond donors (Lipinski definition) is 3. The minimum absolute atomic E-state index is 0.124. The van der Waals surface area contributed by atoms with Gasteiger partial charge in [-0.15, -0.1) is 0 Å². The van der Waals surface area contributed by atoms with Crippen molar-refractivity contribution in [2.75, 3.05) is 0 Å². The van der Waals surface area contributed by atoms with Gasteiger partial charge in [-0.2, -0.15) is 8.42 Å². The first kappa shape index (κ1) is 28.7. The van der Waals surface area contributed by atoms with Crippen molar-refractivity contribution in [2.45, 2.75) is 26.0 Å². The van der Waals surface area contributed by atoms with Gasteiger partial charge in [0.2, 0.25) is 0 Å². The van der Waals surface area contributed by atoms with Gasteiger partial charge in [0.1, 0.15) is 0 Å². The van der Waals surface area contributed by atoms with E-state index in [-0.39, 0.29) is 40.1 Å². The van der Waals surface area contributed by atoms with E-state index < -0.39 is 55.8 Å². The summed E-state index contributed by atoms with van der Waals surface area (Å²) < 4.78 is 126. The topological polar surface area (TPSA) is 121 Å². The van der Waals surface area contributed by atoms with E-state index >= 15 is 0 Å². The van der Waals surface area contributed by atoms with E-state index in [0.717, 1.165) is 0 Å². The summed E-state index contributed by atoms with van der Waals surface area (Å²) in [5.41, 5.74) is -0.678. The number of nitrogens with one attached hydrogen (secondary N) is 1. The first-order valence-corrected chi connectivity index (χ1v) is 13.4. The summed E-state index contributed by atoms with van der Waals surface area (Å²) in [6, 6.07) is 2.44. The van der Waals surface area contributed by atoms with E-state index in [1.807, 2.05) is 4.72 Å². The second-order valence-electron chi connectivity index (χ2n) is 5.86. The molecule has 0 spiro atoms. The van der Waals surface area contributed by atoms with Crippen molar-refractivity contribution in [1.29, 1.82) is 0 Å². The molecular weight excluding hydrogens is 528 g/mol. The number of rotatable bonds is 6. The summed E-state index contributed by atoms with van der Waals surface area (Å²) in [6.45, 7) is 0. The number of alkyl halides is 3. The minimum atomic E-state index is -4.91. The van der Waals surface area contributed by atoms with Gasteiger partial charge in [-0.25, -0.2) is 0 Å². The molecule has 31 heavy (non-hydrogen) atoms. The molecule has 0 bridgehead atoms. The molecule has 2 rings (SSSR count). The Balaban J connectivity index is 0.000000861. The fraction of sp³-hybridized carbons (Fsp3) is 0.286. The second kappa shape index (κ2) is 11.2. The first-order valence-electron chi connectivity index (χ1n) is 7.94. The summed E-state index contributed by atoms with van der Waals surface area (Å²) in [6.07, 6.45) is -4.91. The molecule has 0 amide bonds. The largest absolute Gasteiger partial charge is 0.394 e. The van der Waals surface area contributed by atoms with Gasteiger partial charge in [-0.1, -0.05) is 0 Å². The van der Waals surface area contributed by atoms with Crippen LogP contribution in [0.4, 0.5) is 22.0 Å². The van der Waals surface area contributed by atoms with Crippen molar-refractivity contribution in [2.24, 2.45) is 0 Å². The summed E-state index contributed by atoms with van der Waals surface area (Å²) in [4.78, 5) is 0. The molecule has 0 radical (unpaired) electrons. The van der Waals surface area contributed by atoms with Crippen LogP contribution in [-0.2, 0) is 20.4 Å². The Morgan fingerprint density at radius 3 is 1.90 bits per heavy atom. The van der Waals surface area contributed by atoms with Gasteiger partial charge in [0.25, 0.3) is 0 Å². The van der Waals surface area contributed by atoms with E-state index in [9.17, 15) is 30.4 Å². The van der Waals surface area contributed by atoms with Crippen LogP contribution < -0.4 is 4.72 Å². The van der Waals surface area contributed by atoms with Gasteiger partial charge < -0.3 is 0 Å². The Hall–Kier alpha value is -0.360. The van der Waals surface area contributed by atoms with E-state index in [1.165, 1.54) is 12.1 Å². The zero-order valence-electron chi connectivity index (χ0n) is 15.3. The standard InChI is InChI=1S/C14H10ClF5NO2S2.Na.H2O4S/c1-7(21-25(22,23)12-3-2-11(15)24-12)13(14(18,19)20)8-4-9(16)6-10(17)5-8;;1-5(2,3)4/h2-7,13,21H,1H2;;(H2,1,2,3,4). The Bertz CT molecular complexity index is 1080. The van der Waals surface area contributed by atoms with Crippen LogP contribution in [0, 0.1) is 11.6 Å². The molecule has 2 atom stereocenters. The fourth-order valence-corrected chi connectivity index (χ4v) is 6.29. The zero-order chi connectivity index (χ0) is 24.2. The van der Waals surface area contributed by atoms with Gasteiger partial charge in [0, 0.05) is 0 Å². The summed E-state index contributed by atoms with van der Waals surface area (Å²) >= 11 is 6.59. The third kappa shape index (κ3) is 9.98. The second-order valence-corrected chi connectivity index (χ2v) is 11.2. The summed E-state index contributed by atoms with van der Waals surface area (Å²) in [5.74, 6) is -4.74. The maximum atomic E-state index is 13.6. The van der Waals surface area contributed by atoms with Crippen LogP contribution in [0.15, 0.2) is 34.5 Å². The maximum absolute atomic E-state index is 13.6. The number of sulfonamides is 1. The zero-order valence-corrected chi connectivity index (χ0v) is 20.5. The van der Waals surface area contributed by atoms with Gasteiger partial charge in [-0.3, -0.25) is 9.11 Å². The molecule has 170 valence electrons. The fourth-order valence-electron chi connectivity index (χ4n) is 2.49. The molecule has 7 nitrogen and oxygen atoms in total. The maximum Gasteiger partial charge on any atom is 0.394 e. The smallest absolute Gasteiger partial charge is 0.264 e. The Morgan fingerprint density at radius 1 is 1.06 bits per heavy atom. The molecule has 2 aromatic rings. The number of benzene rings is 1. The first-order chi connectivity index (χ1) is 13.9. The molecule has 0 aliphatic rings. The van der Waals surface area contributed by atoms with Crippen molar-refractivity contribution in [3.05, 3.63) is 51.9 Å². The average molecular weight is 540 g/mol. The van der Waals surface area contributed by atoms with E-state index in [4.69, 9.17) is 29.1 Å². The van der Waals surface area contributed by atoms with Crippen LogP contribution in [-0.4, -0.2) is 66.1 Å². The number of halogens is 6. The predicted octanol–water partition coefficient (Wildman–Crippen LogP) is 3.61. The molecular formula is C14H12ClF5NNaO6S3. The molecule has 1 aromatic heterocycles. The SMILES string of the molecule is O=S(=O)(NC([CH2][Na])C(c1cc(F)cc(F)c1)C(F)(F)F)c1ccc(Cl)s1.O=S(=O)(O)O. The van der Waals surface area contributed by atoms with Gasteiger partial charge in [-0.05, 0) is 0 Å². The molecule has 3 N–H and O–H groups in total. The Kier molecular flexibility index (Phi) is 10.3. The molecule has 0 aliphatic heterocycles. The van der Waals surface area contributed by atoms with Crippen molar-refractivity contribution >= 4 is 71.3 Å². The van der Waals surface area contributed by atoms with Crippen LogP contribution in [0.5, 0.6) is 0 Å². The molecule has 0 saturated heterocycles. The van der Waals surface area contributed by atoms with E-state index in [1.54, 1.807) is 0 Å². The molecule has 0 fully saturated rings. The van der Waals surface area contributed by atoms with Crippen molar-refractivity contribution < 1.29 is 47.9 Å².